The highest BCUT2D eigenvalue weighted by Crippen LogP contribution is 2.45. The Kier molecular flexibility index (Phi) is 19.9. The average molecular weight is 1590 g/mol. The highest BCUT2D eigenvalue weighted by Gasteiger charge is 2.24. The number of hydrogen-bond donors (Lipinski definition) is 0. The Hall–Kier alpha value is -15.9. The standard InChI is InChI=1S/2C60H44N2/c1-41-23-27-47(28-24-41)57-37-53-39-60-54(40-59(53)61(57)55-33-49(43-15-7-3-8-16-43)31-50(34-55)44-17-9-4-10-18-44)38-58(48-29-25-42(2)26-30-48)62(60)56-35-51(45-19-11-5-12-20-45)32-52(36-56)46-21-13-6-14-22-46;1-41-13-17-51(18-14-41)57-37-53-39-60-54(40-59(53)61(57)55-33-29-49(30-34-55)47-25-21-45(22-26-47)43-9-5-3-6-10-43)38-58(52-19-15-42(2)16-20-52)62(60)56-35-31-50(32-36-56)48-27-23-46(24-28-48)44-11-7-4-8-12-44/h2*3-40H,1-2H3. The smallest absolute Gasteiger partial charge is 0.0542 e. The lowest BCUT2D eigenvalue weighted by Crippen LogP contribution is -1.99. The van der Waals surface area contributed by atoms with Crippen molar-refractivity contribution in [1.29, 1.82) is 0 Å². The van der Waals surface area contributed by atoms with Gasteiger partial charge < -0.3 is 18.3 Å². The molecule has 4 heterocycles. The molecule has 0 amide bonds. The van der Waals surface area contributed by atoms with Crippen molar-refractivity contribution in [3.63, 3.8) is 0 Å². The Morgan fingerprint density at radius 1 is 0.121 bits per heavy atom. The van der Waals surface area contributed by atoms with E-state index in [-0.39, 0.29) is 0 Å². The summed E-state index contributed by atoms with van der Waals surface area (Å²) in [6, 6.07) is 169. The van der Waals surface area contributed by atoms with Crippen LogP contribution in [-0.2, 0) is 0 Å². The zero-order chi connectivity index (χ0) is 83.1. The van der Waals surface area contributed by atoms with Gasteiger partial charge in [0.1, 0.15) is 0 Å². The Morgan fingerprint density at radius 3 is 0.484 bits per heavy atom. The first-order valence-corrected chi connectivity index (χ1v) is 42.8. The van der Waals surface area contributed by atoms with Crippen molar-refractivity contribution in [1.82, 2.24) is 18.3 Å². The van der Waals surface area contributed by atoms with Gasteiger partial charge in [0.2, 0.25) is 0 Å². The molecule has 0 N–H and O–H groups in total. The van der Waals surface area contributed by atoms with E-state index in [1.54, 1.807) is 0 Å². The average Bonchev–Trinajstić information content (AvgIpc) is 1.58. The van der Waals surface area contributed by atoms with Gasteiger partial charge in [0.25, 0.3) is 0 Å². The summed E-state index contributed by atoms with van der Waals surface area (Å²) in [7, 11) is 0. The normalized spacial score (nSPS) is 11.4. The molecule has 588 valence electrons. The highest BCUT2D eigenvalue weighted by atomic mass is 15.0. The Balaban J connectivity index is 0.000000152. The minimum Gasteiger partial charge on any atom is -0.309 e. The van der Waals surface area contributed by atoms with Gasteiger partial charge in [-0.05, 0) is 248 Å². The molecule has 0 saturated carbocycles. The van der Waals surface area contributed by atoms with Gasteiger partial charge in [-0.25, -0.2) is 0 Å². The van der Waals surface area contributed by atoms with E-state index in [1.165, 1.54) is 177 Å². The van der Waals surface area contributed by atoms with Crippen LogP contribution < -0.4 is 0 Å². The summed E-state index contributed by atoms with van der Waals surface area (Å²) in [5.74, 6) is 0. The fraction of sp³-hybridized carbons (Fsp3) is 0.0333. The van der Waals surface area contributed by atoms with E-state index in [0.717, 1.165) is 45.2 Å². The maximum absolute atomic E-state index is 2.48. The summed E-state index contributed by atoms with van der Waals surface area (Å²) in [4.78, 5) is 0. The number of nitrogens with zero attached hydrogens (tertiary/aromatic N) is 4. The number of rotatable bonds is 16. The van der Waals surface area contributed by atoms with Crippen molar-refractivity contribution < 1.29 is 0 Å². The van der Waals surface area contributed by atoms with Gasteiger partial charge in [-0.1, -0.05) is 374 Å². The molecule has 4 heteroatoms. The van der Waals surface area contributed by atoms with Crippen molar-refractivity contribution in [2.75, 3.05) is 0 Å². The van der Waals surface area contributed by atoms with Gasteiger partial charge in [0, 0.05) is 44.3 Å². The van der Waals surface area contributed by atoms with Crippen LogP contribution in [0.1, 0.15) is 22.3 Å². The molecule has 0 atom stereocenters. The van der Waals surface area contributed by atoms with E-state index < -0.39 is 0 Å². The fourth-order valence-corrected chi connectivity index (χ4v) is 17.9. The third kappa shape index (κ3) is 14.9. The number of aromatic nitrogens is 4. The lowest BCUT2D eigenvalue weighted by molar-refractivity contribution is 1.13. The predicted molar refractivity (Wildman–Crippen MR) is 524 cm³/mol. The summed E-state index contributed by atoms with van der Waals surface area (Å²) < 4.78 is 9.82. The maximum atomic E-state index is 2.48. The van der Waals surface area contributed by atoms with Crippen molar-refractivity contribution in [3.8, 4) is 157 Å². The minimum absolute atomic E-state index is 1.12. The molecular formula is C120H88N4. The monoisotopic (exact) mass is 1580 g/mol. The topological polar surface area (TPSA) is 19.7 Å². The summed E-state index contributed by atoms with van der Waals surface area (Å²) in [5, 5.41) is 4.74. The van der Waals surface area contributed by atoms with Gasteiger partial charge >= 0.3 is 0 Å². The molecule has 0 radical (unpaired) electrons. The zero-order valence-corrected chi connectivity index (χ0v) is 69.7. The molecule has 0 bridgehead atoms. The molecule has 0 saturated heterocycles. The predicted octanol–water partition coefficient (Wildman–Crippen LogP) is 32.4. The first-order chi connectivity index (χ1) is 61.0. The largest absolute Gasteiger partial charge is 0.309 e. The molecule has 0 fully saturated rings. The molecule has 4 nitrogen and oxygen atoms in total. The first-order valence-electron chi connectivity index (χ1n) is 42.8. The summed E-state index contributed by atoms with van der Waals surface area (Å²) in [6.07, 6.45) is 0. The molecule has 0 unspecified atom stereocenters. The van der Waals surface area contributed by atoms with E-state index in [0.29, 0.717) is 0 Å². The second-order valence-corrected chi connectivity index (χ2v) is 32.8. The molecule has 0 aliphatic carbocycles. The van der Waals surface area contributed by atoms with E-state index >= 15 is 0 Å². The molecule has 0 spiro atoms. The van der Waals surface area contributed by atoms with Crippen molar-refractivity contribution >= 4 is 43.6 Å². The minimum atomic E-state index is 1.12. The van der Waals surface area contributed by atoms with Gasteiger partial charge in [-0.15, -0.1) is 0 Å². The quantitative estimate of drug-likeness (QED) is 0.0919. The fourth-order valence-electron chi connectivity index (χ4n) is 17.9. The van der Waals surface area contributed by atoms with Crippen LogP contribution in [0.2, 0.25) is 0 Å². The zero-order valence-electron chi connectivity index (χ0n) is 69.7. The van der Waals surface area contributed by atoms with Crippen LogP contribution in [0.5, 0.6) is 0 Å². The Bertz CT molecular complexity index is 7020. The third-order valence-corrected chi connectivity index (χ3v) is 24.5. The lowest BCUT2D eigenvalue weighted by atomic mass is 9.97. The van der Waals surface area contributed by atoms with E-state index in [1.807, 2.05) is 0 Å². The lowest BCUT2D eigenvalue weighted by Gasteiger charge is -2.17. The van der Waals surface area contributed by atoms with Crippen LogP contribution >= 0.6 is 0 Å². The summed E-state index contributed by atoms with van der Waals surface area (Å²) >= 11 is 0. The summed E-state index contributed by atoms with van der Waals surface area (Å²) in [5.41, 5.74) is 42.7. The van der Waals surface area contributed by atoms with Crippen LogP contribution in [0.15, 0.2) is 461 Å². The van der Waals surface area contributed by atoms with Crippen LogP contribution in [0.25, 0.3) is 200 Å². The van der Waals surface area contributed by atoms with E-state index in [2.05, 4.69) is 507 Å². The number of aryl methyl sites for hydroxylation is 4. The van der Waals surface area contributed by atoms with Crippen LogP contribution in [0.4, 0.5) is 0 Å². The van der Waals surface area contributed by atoms with Gasteiger partial charge in [0.05, 0.1) is 44.8 Å². The first kappa shape index (κ1) is 75.6. The van der Waals surface area contributed by atoms with Crippen molar-refractivity contribution in [2.24, 2.45) is 0 Å². The van der Waals surface area contributed by atoms with E-state index in [4.69, 9.17) is 0 Å². The molecule has 124 heavy (non-hydrogen) atoms. The molecule has 0 aliphatic heterocycles. The second kappa shape index (κ2) is 32.7. The van der Waals surface area contributed by atoms with Gasteiger partial charge in [0.15, 0.2) is 0 Å². The van der Waals surface area contributed by atoms with E-state index in [9.17, 15) is 0 Å². The Labute approximate surface area is 724 Å². The van der Waals surface area contributed by atoms with Crippen molar-refractivity contribution in [2.45, 2.75) is 27.7 Å². The van der Waals surface area contributed by atoms with Crippen LogP contribution in [-0.4, -0.2) is 18.3 Å². The summed E-state index contributed by atoms with van der Waals surface area (Å²) in [6.45, 7) is 8.61. The van der Waals surface area contributed by atoms with Crippen LogP contribution in [0.3, 0.4) is 0 Å². The highest BCUT2D eigenvalue weighted by molar-refractivity contribution is 6.05. The Morgan fingerprint density at radius 2 is 0.282 bits per heavy atom. The SMILES string of the molecule is Cc1ccc(-c2cc3cc4c(cc(-c5ccc(C)cc5)n4-c4cc(-c5ccccc5)cc(-c5ccccc5)c4)cc3n2-c2cc(-c3ccccc3)cc(-c3ccccc3)c2)cc1.Cc1ccc(-c2cc3cc4c(cc(-c5ccc(C)cc5)n4-c4ccc(-c5ccc(-c6ccccc6)cc5)cc4)cc3n2-c2ccc(-c3ccc(-c4ccccc4)cc3)cc2)cc1. The molecule has 4 aromatic heterocycles. The number of hydrogen-bond acceptors (Lipinski definition) is 0. The number of benzene rings is 18. The molecule has 18 aromatic carbocycles. The third-order valence-electron chi connectivity index (χ3n) is 24.5. The van der Waals surface area contributed by atoms with Gasteiger partial charge in [-0.2, -0.15) is 0 Å². The van der Waals surface area contributed by atoms with Crippen LogP contribution in [0, 0.1) is 27.7 Å². The second-order valence-electron chi connectivity index (χ2n) is 32.8. The number of fused-ring (bicyclic) bond motifs is 4. The maximum Gasteiger partial charge on any atom is 0.0542 e. The van der Waals surface area contributed by atoms with Gasteiger partial charge in [-0.3, -0.25) is 0 Å². The molecule has 0 aliphatic rings. The van der Waals surface area contributed by atoms with Crippen molar-refractivity contribution in [3.05, 3.63) is 483 Å². The molecular weight excluding hydrogens is 1500 g/mol. The molecule has 22 rings (SSSR count). The molecule has 22 aromatic rings.